The molecular formula is C20H30N2O. The lowest BCUT2D eigenvalue weighted by molar-refractivity contribution is -0.134. The summed E-state index contributed by atoms with van der Waals surface area (Å²) >= 11 is 0. The number of benzene rings is 1. The van der Waals surface area contributed by atoms with Gasteiger partial charge in [0, 0.05) is 13.0 Å². The summed E-state index contributed by atoms with van der Waals surface area (Å²) in [4.78, 5) is 15.1. The number of nitrogens with zero attached hydrogens (tertiary/aromatic N) is 1. The zero-order chi connectivity index (χ0) is 16.1. The molecule has 1 heterocycles. The largest absolute Gasteiger partial charge is 0.336 e. The van der Waals surface area contributed by atoms with Gasteiger partial charge in [-0.15, -0.1) is 0 Å². The number of carbonyl (C=O) groups excluding carboxylic acids is 1. The van der Waals surface area contributed by atoms with E-state index in [1.54, 1.807) is 0 Å². The van der Waals surface area contributed by atoms with Gasteiger partial charge in [0.25, 0.3) is 0 Å². The van der Waals surface area contributed by atoms with Gasteiger partial charge in [-0.25, -0.2) is 0 Å². The molecule has 0 spiro atoms. The van der Waals surface area contributed by atoms with Gasteiger partial charge in [0.2, 0.25) is 5.91 Å². The van der Waals surface area contributed by atoms with Crippen molar-refractivity contribution in [3.05, 3.63) is 35.4 Å². The molecule has 1 atom stereocenters. The zero-order valence-electron chi connectivity index (χ0n) is 14.4. The van der Waals surface area contributed by atoms with Gasteiger partial charge in [-0.3, -0.25) is 4.79 Å². The maximum Gasteiger partial charge on any atom is 0.223 e. The van der Waals surface area contributed by atoms with Crippen LogP contribution in [0.2, 0.25) is 0 Å². The molecule has 1 saturated heterocycles. The lowest BCUT2D eigenvalue weighted by Gasteiger charge is -2.31. The first-order valence-electron chi connectivity index (χ1n) is 9.37. The molecule has 1 aromatic rings. The highest BCUT2D eigenvalue weighted by Crippen LogP contribution is 2.36. The second-order valence-electron chi connectivity index (χ2n) is 7.07. The molecule has 0 saturated carbocycles. The van der Waals surface area contributed by atoms with Crippen molar-refractivity contribution in [2.75, 3.05) is 19.6 Å². The van der Waals surface area contributed by atoms with Crippen molar-refractivity contribution in [3.8, 4) is 0 Å². The van der Waals surface area contributed by atoms with Crippen LogP contribution in [0.1, 0.15) is 62.6 Å². The molecule has 1 aliphatic heterocycles. The fraction of sp³-hybridized carbons (Fsp3) is 0.650. The number of hydrogen-bond acceptors (Lipinski definition) is 2. The molecule has 126 valence electrons. The van der Waals surface area contributed by atoms with Crippen LogP contribution < -0.4 is 5.32 Å². The van der Waals surface area contributed by atoms with Crippen LogP contribution in [0.25, 0.3) is 0 Å². The molecule has 0 aromatic heterocycles. The molecule has 0 bridgehead atoms. The summed E-state index contributed by atoms with van der Waals surface area (Å²) in [6, 6.07) is 8.98. The molecule has 23 heavy (non-hydrogen) atoms. The van der Waals surface area contributed by atoms with E-state index >= 15 is 0 Å². The Balaban J connectivity index is 1.63. The van der Waals surface area contributed by atoms with Crippen molar-refractivity contribution in [2.24, 2.45) is 5.92 Å². The summed E-state index contributed by atoms with van der Waals surface area (Å²) < 4.78 is 0. The Hall–Kier alpha value is -1.35. The number of fused-ring (bicyclic) bond motifs is 1. The summed E-state index contributed by atoms with van der Waals surface area (Å²) in [5.74, 6) is 1.10. The smallest absolute Gasteiger partial charge is 0.223 e. The first kappa shape index (κ1) is 16.5. The fourth-order valence-electron chi connectivity index (χ4n) is 4.20. The Morgan fingerprint density at radius 2 is 2.00 bits per heavy atom. The first-order chi connectivity index (χ1) is 11.3. The molecule has 1 aliphatic carbocycles. The van der Waals surface area contributed by atoms with Gasteiger partial charge >= 0.3 is 0 Å². The van der Waals surface area contributed by atoms with Gasteiger partial charge in [-0.05, 0) is 68.7 Å². The Morgan fingerprint density at radius 1 is 1.22 bits per heavy atom. The van der Waals surface area contributed by atoms with Crippen LogP contribution >= 0.6 is 0 Å². The molecule has 3 heteroatoms. The normalized spacial score (nSPS) is 21.2. The van der Waals surface area contributed by atoms with Crippen molar-refractivity contribution in [2.45, 2.75) is 57.9 Å². The highest BCUT2D eigenvalue weighted by Gasteiger charge is 2.30. The van der Waals surface area contributed by atoms with E-state index in [4.69, 9.17) is 0 Å². The van der Waals surface area contributed by atoms with Crippen LogP contribution in [0.4, 0.5) is 0 Å². The van der Waals surface area contributed by atoms with Crippen molar-refractivity contribution in [3.63, 3.8) is 0 Å². The van der Waals surface area contributed by atoms with Crippen LogP contribution in [-0.2, 0) is 11.2 Å². The SMILES string of the molecule is CCCN(C(=O)CCC1CCNCC1)C1CCc2ccccc21. The number of amides is 1. The van der Waals surface area contributed by atoms with Gasteiger partial charge < -0.3 is 10.2 Å². The quantitative estimate of drug-likeness (QED) is 0.868. The molecule has 3 nitrogen and oxygen atoms in total. The zero-order valence-corrected chi connectivity index (χ0v) is 14.4. The van der Waals surface area contributed by atoms with Gasteiger partial charge in [0.15, 0.2) is 0 Å². The van der Waals surface area contributed by atoms with Crippen LogP contribution in [0, 0.1) is 5.92 Å². The Bertz CT molecular complexity index is 522. The summed E-state index contributed by atoms with van der Waals surface area (Å²) in [7, 11) is 0. The molecule has 1 N–H and O–H groups in total. The van der Waals surface area contributed by atoms with E-state index in [0.717, 1.165) is 57.7 Å². The number of hydrogen-bond donors (Lipinski definition) is 1. The molecular weight excluding hydrogens is 284 g/mol. The van der Waals surface area contributed by atoms with Crippen LogP contribution in [0.3, 0.4) is 0 Å². The van der Waals surface area contributed by atoms with Crippen LogP contribution in [-0.4, -0.2) is 30.4 Å². The average Bonchev–Trinajstić information content (AvgIpc) is 3.02. The Labute approximate surface area is 140 Å². The second kappa shape index (κ2) is 7.96. The third-order valence-electron chi connectivity index (χ3n) is 5.49. The minimum atomic E-state index is 0.312. The van der Waals surface area contributed by atoms with E-state index in [1.807, 2.05) is 0 Å². The van der Waals surface area contributed by atoms with E-state index < -0.39 is 0 Å². The van der Waals surface area contributed by atoms with E-state index in [2.05, 4.69) is 41.4 Å². The predicted molar refractivity (Wildman–Crippen MR) is 94.3 cm³/mol. The number of carbonyl (C=O) groups is 1. The van der Waals surface area contributed by atoms with Crippen molar-refractivity contribution >= 4 is 5.91 Å². The number of piperidine rings is 1. The van der Waals surface area contributed by atoms with Crippen molar-refractivity contribution in [1.29, 1.82) is 0 Å². The molecule has 2 aliphatic rings. The fourth-order valence-corrected chi connectivity index (χ4v) is 4.20. The standard InChI is InChI=1S/C20H30N2O/c1-2-15-22(19-9-8-17-5-3-4-6-18(17)19)20(23)10-7-16-11-13-21-14-12-16/h3-6,16,19,21H,2,7-15H2,1H3. The highest BCUT2D eigenvalue weighted by atomic mass is 16.2. The molecule has 1 fully saturated rings. The third kappa shape index (κ3) is 3.95. The summed E-state index contributed by atoms with van der Waals surface area (Å²) in [6.45, 7) is 5.30. The van der Waals surface area contributed by atoms with Gasteiger partial charge in [-0.1, -0.05) is 31.2 Å². The molecule has 1 aromatic carbocycles. The van der Waals surface area contributed by atoms with Crippen LogP contribution in [0.15, 0.2) is 24.3 Å². The van der Waals surface area contributed by atoms with E-state index in [1.165, 1.54) is 24.0 Å². The lowest BCUT2D eigenvalue weighted by Crippen LogP contribution is -2.35. The maximum absolute atomic E-state index is 12.9. The number of rotatable bonds is 6. The Kier molecular flexibility index (Phi) is 5.71. The molecule has 1 amide bonds. The van der Waals surface area contributed by atoms with Gasteiger partial charge in [0.1, 0.15) is 0 Å². The Morgan fingerprint density at radius 3 is 2.78 bits per heavy atom. The lowest BCUT2D eigenvalue weighted by atomic mass is 9.93. The monoisotopic (exact) mass is 314 g/mol. The molecule has 0 radical (unpaired) electrons. The third-order valence-corrected chi connectivity index (χ3v) is 5.49. The van der Waals surface area contributed by atoms with Gasteiger partial charge in [0.05, 0.1) is 6.04 Å². The minimum absolute atomic E-state index is 0.312. The topological polar surface area (TPSA) is 32.3 Å². The number of aryl methyl sites for hydroxylation is 1. The molecule has 3 rings (SSSR count). The summed E-state index contributed by atoms with van der Waals surface area (Å²) in [6.07, 6.45) is 7.50. The van der Waals surface area contributed by atoms with Gasteiger partial charge in [-0.2, -0.15) is 0 Å². The van der Waals surface area contributed by atoms with E-state index in [9.17, 15) is 4.79 Å². The predicted octanol–water partition coefficient (Wildman–Crippen LogP) is 3.69. The second-order valence-corrected chi connectivity index (χ2v) is 7.07. The first-order valence-corrected chi connectivity index (χ1v) is 9.37. The van der Waals surface area contributed by atoms with Crippen molar-refractivity contribution in [1.82, 2.24) is 10.2 Å². The average molecular weight is 314 g/mol. The summed E-state index contributed by atoms with van der Waals surface area (Å²) in [5.41, 5.74) is 2.82. The van der Waals surface area contributed by atoms with E-state index in [0.29, 0.717) is 11.9 Å². The number of nitrogens with one attached hydrogen (secondary N) is 1. The summed E-state index contributed by atoms with van der Waals surface area (Å²) in [5, 5.41) is 3.41. The minimum Gasteiger partial charge on any atom is -0.336 e. The highest BCUT2D eigenvalue weighted by molar-refractivity contribution is 5.77. The van der Waals surface area contributed by atoms with Crippen molar-refractivity contribution < 1.29 is 4.79 Å². The maximum atomic E-state index is 12.9. The molecule has 1 unspecified atom stereocenters. The van der Waals surface area contributed by atoms with E-state index in [-0.39, 0.29) is 0 Å². The van der Waals surface area contributed by atoms with Crippen LogP contribution in [0.5, 0.6) is 0 Å².